The average molecular weight is 642 g/mol. The first-order valence-corrected chi connectivity index (χ1v) is 21.2. The van der Waals surface area contributed by atoms with Gasteiger partial charge in [0.2, 0.25) is 15.0 Å². The zero-order valence-electron chi connectivity index (χ0n) is 25.8. The van der Waals surface area contributed by atoms with E-state index in [0.29, 0.717) is 6.54 Å². The molecule has 7 heterocycles. The minimum atomic E-state index is -2.98. The van der Waals surface area contributed by atoms with Gasteiger partial charge in [0.05, 0.1) is 6.54 Å². The van der Waals surface area contributed by atoms with Gasteiger partial charge in [-0.05, 0) is 89.0 Å². The molecular formula is C30H46N9OP3. The topological polar surface area (TPSA) is 75.4 Å². The highest BCUT2D eigenvalue weighted by atomic mass is 31.3. The molecule has 1 aromatic carbocycles. The molecule has 10 nitrogen and oxygen atoms in total. The summed E-state index contributed by atoms with van der Waals surface area (Å²) in [5, 5.41) is 0. The average Bonchev–Trinajstić information content (AvgIpc) is 3.84. The van der Waals surface area contributed by atoms with E-state index >= 15 is 0 Å². The van der Waals surface area contributed by atoms with Crippen LogP contribution < -0.4 is 9.19 Å². The zero-order chi connectivity index (χ0) is 29.1. The first-order chi connectivity index (χ1) is 21.0. The Morgan fingerprint density at radius 1 is 0.628 bits per heavy atom. The molecule has 0 aliphatic carbocycles. The molecule has 0 amide bonds. The molecule has 1 unspecified atom stereocenters. The molecule has 6 aliphatic rings. The van der Waals surface area contributed by atoms with Crippen molar-refractivity contribution >= 4 is 28.4 Å². The van der Waals surface area contributed by atoms with Crippen LogP contribution in [0.5, 0.6) is 5.75 Å². The first kappa shape index (κ1) is 28.9. The van der Waals surface area contributed by atoms with Crippen LogP contribution in [0, 0.1) is 13.8 Å². The maximum absolute atomic E-state index is 7.41. The van der Waals surface area contributed by atoms with Crippen molar-refractivity contribution in [2.45, 2.75) is 71.8 Å². The minimum Gasteiger partial charge on any atom is -0.426 e. The highest BCUT2D eigenvalue weighted by Crippen LogP contribution is 2.84. The van der Waals surface area contributed by atoms with Gasteiger partial charge in [-0.15, -0.1) is 0 Å². The van der Waals surface area contributed by atoms with Gasteiger partial charge in [-0.3, -0.25) is 4.67 Å². The van der Waals surface area contributed by atoms with Crippen LogP contribution in [0.3, 0.4) is 0 Å². The van der Waals surface area contributed by atoms with E-state index in [4.69, 9.17) is 23.1 Å². The SMILES string of the molecule is Cc1cc(C)nc(N2Cc3ccccc3OP23=NP(N2CCCC2)(N2CCCC2)=NP(N2CCCC2)(N2CCCC2)=N3)c1. The van der Waals surface area contributed by atoms with E-state index in [-0.39, 0.29) is 0 Å². The number of fused-ring (bicyclic) bond motifs is 1. The number of anilines is 1. The largest absolute Gasteiger partial charge is 0.426 e. The standard InChI is InChI=1S/C30H46N9OP3/c1-26-23-27(2)31-30(24-26)39-25-28-13-3-4-14-29(28)40-43(39)33-41(35-15-5-6-16-35,36-17-7-8-18-36)32-42(34-43,37-19-9-10-20-37)38-21-11-12-22-38/h3-4,13-14,23-24H,5-12,15-22,25H2,1-2H3. The van der Waals surface area contributed by atoms with Crippen LogP contribution in [0.15, 0.2) is 49.9 Å². The normalized spacial score (nSPS) is 29.3. The number of rotatable bonds is 5. The van der Waals surface area contributed by atoms with Crippen molar-refractivity contribution in [2.75, 3.05) is 57.0 Å². The van der Waals surface area contributed by atoms with Crippen LogP contribution >= 0.6 is 22.6 Å². The Bertz CT molecular complexity index is 1460. The van der Waals surface area contributed by atoms with E-state index in [1.54, 1.807) is 0 Å². The fourth-order valence-electron chi connectivity index (χ4n) is 7.67. The molecule has 0 radical (unpaired) electrons. The third kappa shape index (κ3) is 4.92. The summed E-state index contributed by atoms with van der Waals surface area (Å²) in [7, 11) is -7.97. The van der Waals surface area contributed by atoms with E-state index in [1.807, 2.05) is 0 Å². The highest BCUT2D eigenvalue weighted by Gasteiger charge is 2.54. The lowest BCUT2D eigenvalue weighted by Gasteiger charge is -2.49. The van der Waals surface area contributed by atoms with Gasteiger partial charge < -0.3 is 4.52 Å². The molecule has 0 bridgehead atoms. The summed E-state index contributed by atoms with van der Waals surface area (Å²) in [4.78, 5) is 5.16. The molecule has 43 heavy (non-hydrogen) atoms. The number of aryl methyl sites for hydroxylation is 2. The van der Waals surface area contributed by atoms with Crippen molar-refractivity contribution in [1.82, 2.24) is 23.7 Å². The molecular weight excluding hydrogens is 595 g/mol. The summed E-state index contributed by atoms with van der Waals surface area (Å²) in [5.41, 5.74) is 3.41. The number of hydrogen-bond donors (Lipinski definition) is 0. The third-order valence-electron chi connectivity index (χ3n) is 9.74. The summed E-state index contributed by atoms with van der Waals surface area (Å²) < 4.78 is 39.1. The number of aromatic nitrogens is 1. The molecule has 1 atom stereocenters. The summed E-state index contributed by atoms with van der Waals surface area (Å²) >= 11 is 0. The number of para-hydroxylation sites is 1. The molecule has 1 aromatic heterocycles. The third-order valence-corrected chi connectivity index (χ3v) is 21.5. The smallest absolute Gasteiger partial charge is 0.362 e. The van der Waals surface area contributed by atoms with E-state index in [0.717, 1.165) is 69.6 Å². The summed E-state index contributed by atoms with van der Waals surface area (Å²) in [6, 6.07) is 12.9. The van der Waals surface area contributed by atoms with Crippen molar-refractivity contribution in [1.29, 1.82) is 0 Å². The Morgan fingerprint density at radius 3 is 1.67 bits per heavy atom. The van der Waals surface area contributed by atoms with Gasteiger partial charge >= 0.3 is 7.58 Å². The molecule has 0 N–H and O–H groups in total. The lowest BCUT2D eigenvalue weighted by molar-refractivity contribution is 0.448. The highest BCUT2D eigenvalue weighted by molar-refractivity contribution is 7.83. The monoisotopic (exact) mass is 641 g/mol. The Morgan fingerprint density at radius 2 is 1.14 bits per heavy atom. The minimum absolute atomic E-state index is 0.701. The summed E-state index contributed by atoms with van der Waals surface area (Å²) in [6.07, 6.45) is 9.73. The van der Waals surface area contributed by atoms with Gasteiger partial charge in [-0.25, -0.2) is 23.7 Å². The zero-order valence-corrected chi connectivity index (χ0v) is 28.4. The van der Waals surface area contributed by atoms with Crippen LogP contribution in [-0.4, -0.2) is 76.0 Å². The quantitative estimate of drug-likeness (QED) is 0.304. The van der Waals surface area contributed by atoms with Crippen LogP contribution in [0.4, 0.5) is 5.82 Å². The lowest BCUT2D eigenvalue weighted by Crippen LogP contribution is -2.35. The van der Waals surface area contributed by atoms with Crippen molar-refractivity contribution in [3.63, 3.8) is 0 Å². The molecule has 0 saturated carbocycles. The molecule has 6 aliphatic heterocycles. The molecule has 232 valence electrons. The Labute approximate surface area is 257 Å². The number of pyridine rings is 1. The van der Waals surface area contributed by atoms with Crippen molar-refractivity contribution < 1.29 is 4.52 Å². The Hall–Kier alpha value is -1.50. The number of benzene rings is 1. The van der Waals surface area contributed by atoms with Crippen LogP contribution in [-0.2, 0) is 6.54 Å². The fraction of sp³-hybridized carbons (Fsp3) is 0.633. The molecule has 13 heteroatoms. The van der Waals surface area contributed by atoms with E-state index in [2.05, 4.69) is 73.6 Å². The molecule has 8 rings (SSSR count). The predicted molar refractivity (Wildman–Crippen MR) is 178 cm³/mol. The van der Waals surface area contributed by atoms with E-state index in [9.17, 15) is 0 Å². The van der Waals surface area contributed by atoms with Gasteiger partial charge in [0.15, 0.2) is 0 Å². The van der Waals surface area contributed by atoms with Gasteiger partial charge in [-0.1, -0.05) is 18.2 Å². The Kier molecular flexibility index (Phi) is 7.66. The maximum atomic E-state index is 7.41. The maximum Gasteiger partial charge on any atom is 0.362 e. The molecule has 1 spiro atoms. The van der Waals surface area contributed by atoms with Crippen molar-refractivity contribution in [3.05, 3.63) is 53.2 Å². The molecule has 4 fully saturated rings. The molecule has 4 saturated heterocycles. The van der Waals surface area contributed by atoms with Gasteiger partial charge in [-0.2, -0.15) is 13.5 Å². The first-order valence-electron chi connectivity index (χ1n) is 16.4. The lowest BCUT2D eigenvalue weighted by atomic mass is 10.2. The molecule has 2 aromatic rings. The van der Waals surface area contributed by atoms with Crippen LogP contribution in [0.25, 0.3) is 0 Å². The predicted octanol–water partition coefficient (Wildman–Crippen LogP) is 8.33. The van der Waals surface area contributed by atoms with Crippen molar-refractivity contribution in [3.8, 4) is 5.75 Å². The van der Waals surface area contributed by atoms with Gasteiger partial charge in [0.25, 0.3) is 0 Å². The van der Waals surface area contributed by atoms with Crippen LogP contribution in [0.1, 0.15) is 68.2 Å². The summed E-state index contributed by atoms with van der Waals surface area (Å²) in [5.74, 6) is 1.88. The van der Waals surface area contributed by atoms with Crippen molar-refractivity contribution in [2.24, 2.45) is 13.5 Å². The number of hydrogen-bond acceptors (Lipinski definition) is 10. The number of nitrogens with zero attached hydrogens (tertiary/aromatic N) is 9. The van der Waals surface area contributed by atoms with Gasteiger partial charge in [0.1, 0.15) is 11.6 Å². The second kappa shape index (κ2) is 11.4. The Balaban J connectivity index is 1.48. The van der Waals surface area contributed by atoms with E-state index < -0.39 is 22.6 Å². The fourth-order valence-corrected chi connectivity index (χ4v) is 22.8. The van der Waals surface area contributed by atoms with Gasteiger partial charge in [0, 0.05) is 63.6 Å². The van der Waals surface area contributed by atoms with E-state index in [1.165, 1.54) is 62.5 Å². The summed E-state index contributed by atoms with van der Waals surface area (Å²) in [6.45, 7) is 13.5. The second-order valence-corrected chi connectivity index (χ2v) is 21.1. The van der Waals surface area contributed by atoms with Crippen LogP contribution in [0.2, 0.25) is 0 Å². The second-order valence-electron chi connectivity index (χ2n) is 12.9.